The number of hydrogen-bond acceptors (Lipinski definition) is 7. The van der Waals surface area contributed by atoms with E-state index >= 15 is 0 Å². The van der Waals surface area contributed by atoms with Gasteiger partial charge in [-0.25, -0.2) is 4.98 Å². The van der Waals surface area contributed by atoms with Crippen molar-refractivity contribution in [2.75, 3.05) is 39.3 Å². The Morgan fingerprint density at radius 2 is 1.72 bits per heavy atom. The predicted octanol–water partition coefficient (Wildman–Crippen LogP) is 4.71. The Bertz CT molecular complexity index is 1880. The van der Waals surface area contributed by atoms with E-state index in [-0.39, 0.29) is 30.1 Å². The standard InChI is InChI=1S/C36H38ClN5O5/c1-23(2)47-32-19-24-13-14-41(26-9-10-26)35(44)29(24)20-31(32)42-33(38-30-6-4-3-5-28(30)36(42)45)21-39-15-17-40(18-16-39)34(43)22-46-27-11-7-25(37)8-12-27/h3-8,11-12,19-20,23,26H,9-10,13-18,21-22H2,1-2H3. The van der Waals surface area contributed by atoms with Crippen molar-refractivity contribution in [3.05, 3.63) is 93.0 Å². The summed E-state index contributed by atoms with van der Waals surface area (Å²) < 4.78 is 13.6. The normalized spacial score (nSPS) is 16.9. The molecule has 1 aliphatic carbocycles. The van der Waals surface area contributed by atoms with Gasteiger partial charge in [-0.3, -0.25) is 23.9 Å². The van der Waals surface area contributed by atoms with Gasteiger partial charge in [0.2, 0.25) is 0 Å². The molecule has 3 aromatic carbocycles. The highest BCUT2D eigenvalue weighted by Gasteiger charge is 2.37. The van der Waals surface area contributed by atoms with Crippen molar-refractivity contribution in [1.82, 2.24) is 24.3 Å². The number of hydrogen-bond donors (Lipinski definition) is 0. The molecule has 0 bridgehead atoms. The summed E-state index contributed by atoms with van der Waals surface area (Å²) in [4.78, 5) is 51.8. The van der Waals surface area contributed by atoms with Crippen molar-refractivity contribution < 1.29 is 19.1 Å². The molecule has 0 spiro atoms. The lowest BCUT2D eigenvalue weighted by Gasteiger charge is -2.35. The van der Waals surface area contributed by atoms with E-state index < -0.39 is 0 Å². The molecule has 0 N–H and O–H groups in total. The van der Waals surface area contributed by atoms with Crippen LogP contribution in [0, 0.1) is 0 Å². The maximum atomic E-state index is 14.3. The summed E-state index contributed by atoms with van der Waals surface area (Å²) in [6.07, 6.45) is 2.68. The largest absolute Gasteiger partial charge is 0.489 e. The second kappa shape index (κ2) is 13.0. The third kappa shape index (κ3) is 6.57. The second-order valence-corrected chi connectivity index (χ2v) is 13.1. The Balaban J connectivity index is 1.17. The smallest absolute Gasteiger partial charge is 0.266 e. The molecule has 2 aliphatic heterocycles. The van der Waals surface area contributed by atoms with Crippen LogP contribution in [-0.2, 0) is 17.8 Å². The fourth-order valence-corrected chi connectivity index (χ4v) is 6.55. The summed E-state index contributed by atoms with van der Waals surface area (Å²) in [5.74, 6) is 1.62. The summed E-state index contributed by atoms with van der Waals surface area (Å²) >= 11 is 5.95. The molecule has 0 radical (unpaired) electrons. The van der Waals surface area contributed by atoms with Crippen LogP contribution < -0.4 is 15.0 Å². The van der Waals surface area contributed by atoms with Crippen LogP contribution in [0.5, 0.6) is 11.5 Å². The quantitative estimate of drug-likeness (QED) is 0.258. The number of para-hydroxylation sites is 1. The van der Waals surface area contributed by atoms with Gasteiger partial charge in [0.05, 0.1) is 29.2 Å². The summed E-state index contributed by atoms with van der Waals surface area (Å²) in [5, 5.41) is 1.10. The monoisotopic (exact) mass is 655 g/mol. The molecule has 10 nitrogen and oxygen atoms in total. The van der Waals surface area contributed by atoms with Crippen LogP contribution in [0.3, 0.4) is 0 Å². The molecule has 3 heterocycles. The van der Waals surface area contributed by atoms with Crippen molar-refractivity contribution in [2.45, 2.75) is 51.8 Å². The van der Waals surface area contributed by atoms with Gasteiger partial charge in [-0.15, -0.1) is 0 Å². The molecular weight excluding hydrogens is 618 g/mol. The van der Waals surface area contributed by atoms with E-state index in [2.05, 4.69) is 4.90 Å². The summed E-state index contributed by atoms with van der Waals surface area (Å²) in [7, 11) is 0. The number of aromatic nitrogens is 2. The van der Waals surface area contributed by atoms with Gasteiger partial charge in [0, 0.05) is 49.4 Å². The fraction of sp³-hybridized carbons (Fsp3) is 0.389. The highest BCUT2D eigenvalue weighted by molar-refractivity contribution is 6.30. The zero-order chi connectivity index (χ0) is 32.7. The first-order valence-corrected chi connectivity index (χ1v) is 16.7. The molecular formula is C36H38ClN5O5. The zero-order valence-electron chi connectivity index (χ0n) is 26.7. The van der Waals surface area contributed by atoms with Gasteiger partial charge < -0.3 is 19.3 Å². The first-order chi connectivity index (χ1) is 22.7. The lowest BCUT2D eigenvalue weighted by Crippen LogP contribution is -2.50. The predicted molar refractivity (Wildman–Crippen MR) is 180 cm³/mol. The van der Waals surface area contributed by atoms with E-state index in [1.807, 2.05) is 49.1 Å². The Morgan fingerprint density at radius 1 is 0.979 bits per heavy atom. The topological polar surface area (TPSA) is 97.2 Å². The van der Waals surface area contributed by atoms with E-state index in [0.29, 0.717) is 89.8 Å². The van der Waals surface area contributed by atoms with Crippen LogP contribution in [0.2, 0.25) is 5.02 Å². The minimum atomic E-state index is -0.213. The van der Waals surface area contributed by atoms with Crippen LogP contribution in [0.25, 0.3) is 16.6 Å². The highest BCUT2D eigenvalue weighted by atomic mass is 35.5. The second-order valence-electron chi connectivity index (χ2n) is 12.7. The Labute approximate surface area is 278 Å². The van der Waals surface area contributed by atoms with E-state index in [1.54, 1.807) is 39.8 Å². The highest BCUT2D eigenvalue weighted by Crippen LogP contribution is 2.36. The Hall–Kier alpha value is -4.41. The third-order valence-corrected chi connectivity index (χ3v) is 9.25. The van der Waals surface area contributed by atoms with Crippen molar-refractivity contribution in [3.8, 4) is 17.2 Å². The number of ether oxygens (including phenoxy) is 2. The number of rotatable bonds is 9. The SMILES string of the molecule is CC(C)Oc1cc2c(cc1-n1c(CN3CCN(C(=O)COc4ccc(Cl)cc4)CC3)nc3ccccc3c1=O)C(=O)N(C1CC1)CC2. The number of benzene rings is 3. The number of carbonyl (C=O) groups excluding carboxylic acids is 2. The van der Waals surface area contributed by atoms with Gasteiger partial charge in [0.25, 0.3) is 17.4 Å². The zero-order valence-corrected chi connectivity index (χ0v) is 27.4. The first kappa shape index (κ1) is 31.2. The summed E-state index contributed by atoms with van der Waals surface area (Å²) in [5.41, 5.74) is 2.48. The van der Waals surface area contributed by atoms with Gasteiger partial charge >= 0.3 is 0 Å². The minimum Gasteiger partial charge on any atom is -0.489 e. The molecule has 4 aromatic rings. The maximum absolute atomic E-state index is 14.3. The molecule has 1 saturated heterocycles. The lowest BCUT2D eigenvalue weighted by atomic mass is 9.97. The molecule has 244 valence electrons. The number of carbonyl (C=O) groups is 2. The lowest BCUT2D eigenvalue weighted by molar-refractivity contribution is -0.135. The van der Waals surface area contributed by atoms with Gasteiger partial charge in [-0.2, -0.15) is 0 Å². The van der Waals surface area contributed by atoms with Crippen LogP contribution in [-0.4, -0.2) is 87.5 Å². The number of amides is 2. The third-order valence-electron chi connectivity index (χ3n) is 9.00. The molecule has 0 unspecified atom stereocenters. The summed E-state index contributed by atoms with van der Waals surface area (Å²) in [6, 6.07) is 18.3. The Kier molecular flexibility index (Phi) is 8.63. The molecule has 11 heteroatoms. The minimum absolute atomic E-state index is 0.00951. The molecule has 2 fully saturated rings. The fourth-order valence-electron chi connectivity index (χ4n) is 6.43. The molecule has 47 heavy (non-hydrogen) atoms. The van der Waals surface area contributed by atoms with E-state index in [9.17, 15) is 14.4 Å². The Morgan fingerprint density at radius 3 is 2.45 bits per heavy atom. The molecule has 2 amide bonds. The average molecular weight is 656 g/mol. The van der Waals surface area contributed by atoms with Crippen LogP contribution >= 0.6 is 11.6 Å². The van der Waals surface area contributed by atoms with Crippen molar-refractivity contribution in [1.29, 1.82) is 0 Å². The van der Waals surface area contributed by atoms with Gasteiger partial charge in [-0.1, -0.05) is 23.7 Å². The van der Waals surface area contributed by atoms with E-state index in [1.165, 1.54) is 0 Å². The van der Waals surface area contributed by atoms with E-state index in [0.717, 1.165) is 24.8 Å². The van der Waals surface area contributed by atoms with E-state index in [4.69, 9.17) is 26.1 Å². The van der Waals surface area contributed by atoms with Crippen LogP contribution in [0.4, 0.5) is 0 Å². The summed E-state index contributed by atoms with van der Waals surface area (Å²) in [6.45, 7) is 7.17. The van der Waals surface area contributed by atoms with Gasteiger partial charge in [-0.05, 0) is 87.2 Å². The first-order valence-electron chi connectivity index (χ1n) is 16.3. The molecule has 1 aromatic heterocycles. The van der Waals surface area contributed by atoms with Crippen molar-refractivity contribution in [2.24, 2.45) is 0 Å². The molecule has 7 rings (SSSR count). The maximum Gasteiger partial charge on any atom is 0.266 e. The van der Waals surface area contributed by atoms with Gasteiger partial charge in [0.1, 0.15) is 17.3 Å². The molecule has 0 atom stereocenters. The van der Waals surface area contributed by atoms with Gasteiger partial charge in [0.15, 0.2) is 6.61 Å². The van der Waals surface area contributed by atoms with Crippen molar-refractivity contribution in [3.63, 3.8) is 0 Å². The number of fused-ring (bicyclic) bond motifs is 2. The molecule has 3 aliphatic rings. The van der Waals surface area contributed by atoms with Crippen molar-refractivity contribution >= 4 is 34.3 Å². The number of nitrogens with zero attached hydrogens (tertiary/aromatic N) is 5. The molecule has 1 saturated carbocycles. The average Bonchev–Trinajstić information content (AvgIpc) is 3.91. The van der Waals surface area contributed by atoms with Crippen LogP contribution in [0.1, 0.15) is 48.4 Å². The number of piperazine rings is 1. The number of halogens is 1. The van der Waals surface area contributed by atoms with Crippen LogP contribution in [0.15, 0.2) is 65.5 Å².